The maximum atomic E-state index is 14.0. The first-order valence-corrected chi connectivity index (χ1v) is 11.0. The SMILES string of the molecule is COc1ccc(CCN2CCN(C(=O)c3cnn(-c4ccc(OC)nn4)c3C(F)(F)F)CC2)cc1. The Kier molecular flexibility index (Phi) is 7.20. The van der Waals surface area contributed by atoms with Crippen LogP contribution in [0.1, 0.15) is 21.6 Å². The minimum atomic E-state index is -4.82. The Hall–Kier alpha value is -3.67. The first-order chi connectivity index (χ1) is 16.8. The molecule has 0 radical (unpaired) electrons. The lowest BCUT2D eigenvalue weighted by atomic mass is 10.1. The number of nitrogens with zero attached hydrogens (tertiary/aromatic N) is 6. The Balaban J connectivity index is 1.42. The Morgan fingerprint density at radius 1 is 0.971 bits per heavy atom. The van der Waals surface area contributed by atoms with Gasteiger partial charge < -0.3 is 14.4 Å². The molecule has 0 aliphatic carbocycles. The van der Waals surface area contributed by atoms with E-state index in [1.54, 1.807) is 7.11 Å². The van der Waals surface area contributed by atoms with Crippen LogP contribution in [0.3, 0.4) is 0 Å². The number of alkyl halides is 3. The van der Waals surface area contributed by atoms with Crippen molar-refractivity contribution in [1.29, 1.82) is 0 Å². The fourth-order valence-electron chi connectivity index (χ4n) is 3.91. The van der Waals surface area contributed by atoms with Gasteiger partial charge in [-0.1, -0.05) is 12.1 Å². The van der Waals surface area contributed by atoms with Crippen LogP contribution < -0.4 is 9.47 Å². The Morgan fingerprint density at radius 2 is 1.69 bits per heavy atom. The lowest BCUT2D eigenvalue weighted by Crippen LogP contribution is -2.49. The minimum absolute atomic E-state index is 0.149. The van der Waals surface area contributed by atoms with E-state index >= 15 is 0 Å². The molecule has 1 fully saturated rings. The van der Waals surface area contributed by atoms with Crippen LogP contribution >= 0.6 is 0 Å². The van der Waals surface area contributed by atoms with E-state index < -0.39 is 23.3 Å². The largest absolute Gasteiger partial charge is 0.497 e. The van der Waals surface area contributed by atoms with Crippen LogP contribution in [-0.2, 0) is 12.6 Å². The summed E-state index contributed by atoms with van der Waals surface area (Å²) < 4.78 is 52.5. The van der Waals surface area contributed by atoms with Gasteiger partial charge in [-0.05, 0) is 30.2 Å². The summed E-state index contributed by atoms with van der Waals surface area (Å²) in [5.74, 6) is 0.0671. The molecule has 1 aliphatic rings. The number of ether oxygens (including phenoxy) is 2. The van der Waals surface area contributed by atoms with E-state index in [2.05, 4.69) is 20.2 Å². The van der Waals surface area contributed by atoms with Crippen molar-refractivity contribution >= 4 is 5.91 Å². The summed E-state index contributed by atoms with van der Waals surface area (Å²) in [6, 6.07) is 10.5. The maximum absolute atomic E-state index is 14.0. The summed E-state index contributed by atoms with van der Waals surface area (Å²) in [4.78, 5) is 16.7. The summed E-state index contributed by atoms with van der Waals surface area (Å²) in [5.41, 5.74) is -0.529. The van der Waals surface area contributed by atoms with Crippen molar-refractivity contribution in [2.75, 3.05) is 46.9 Å². The third-order valence-corrected chi connectivity index (χ3v) is 5.86. The van der Waals surface area contributed by atoms with Crippen LogP contribution in [0.25, 0.3) is 5.82 Å². The number of aromatic nitrogens is 4. The van der Waals surface area contributed by atoms with Gasteiger partial charge in [-0.25, -0.2) is 4.68 Å². The number of carbonyl (C=O) groups is 1. The molecule has 0 bridgehead atoms. The monoisotopic (exact) mass is 490 g/mol. The van der Waals surface area contributed by atoms with E-state index in [1.165, 1.54) is 24.1 Å². The predicted molar refractivity (Wildman–Crippen MR) is 120 cm³/mol. The molecule has 3 heterocycles. The first-order valence-electron chi connectivity index (χ1n) is 11.0. The third-order valence-electron chi connectivity index (χ3n) is 5.86. The van der Waals surface area contributed by atoms with E-state index in [1.807, 2.05) is 24.3 Å². The maximum Gasteiger partial charge on any atom is 0.434 e. The average molecular weight is 490 g/mol. The summed E-state index contributed by atoms with van der Waals surface area (Å²) in [6.45, 7) is 2.58. The van der Waals surface area contributed by atoms with E-state index in [-0.39, 0.29) is 11.7 Å². The van der Waals surface area contributed by atoms with Crippen LogP contribution in [-0.4, -0.2) is 82.6 Å². The number of amides is 1. The zero-order valence-corrected chi connectivity index (χ0v) is 19.3. The molecule has 4 rings (SSSR count). The van der Waals surface area contributed by atoms with Crippen LogP contribution in [0.2, 0.25) is 0 Å². The fraction of sp³-hybridized carbons (Fsp3) is 0.391. The van der Waals surface area contributed by atoms with Crippen molar-refractivity contribution in [3.05, 3.63) is 59.4 Å². The van der Waals surface area contributed by atoms with Crippen molar-refractivity contribution < 1.29 is 27.4 Å². The number of benzene rings is 1. The lowest BCUT2D eigenvalue weighted by molar-refractivity contribution is -0.143. The highest BCUT2D eigenvalue weighted by Gasteiger charge is 2.42. The predicted octanol–water partition coefficient (Wildman–Crippen LogP) is 2.70. The normalized spacial score (nSPS) is 14.7. The molecule has 0 unspecified atom stereocenters. The fourth-order valence-corrected chi connectivity index (χ4v) is 3.91. The number of carbonyl (C=O) groups excluding carboxylic acids is 1. The molecule has 0 atom stereocenters. The van der Waals surface area contributed by atoms with Gasteiger partial charge in [0, 0.05) is 38.8 Å². The second-order valence-corrected chi connectivity index (χ2v) is 7.98. The molecule has 35 heavy (non-hydrogen) atoms. The molecule has 1 saturated heterocycles. The highest BCUT2D eigenvalue weighted by molar-refractivity contribution is 5.95. The number of rotatable bonds is 7. The summed E-state index contributed by atoms with van der Waals surface area (Å²) in [5, 5.41) is 11.2. The van der Waals surface area contributed by atoms with Crippen LogP contribution in [0, 0.1) is 0 Å². The number of halogens is 3. The Morgan fingerprint density at radius 3 is 2.26 bits per heavy atom. The molecule has 2 aromatic heterocycles. The Labute approximate surface area is 200 Å². The quantitative estimate of drug-likeness (QED) is 0.504. The van der Waals surface area contributed by atoms with Gasteiger partial charge >= 0.3 is 6.18 Å². The van der Waals surface area contributed by atoms with E-state index in [9.17, 15) is 18.0 Å². The van der Waals surface area contributed by atoms with Crippen molar-refractivity contribution in [2.24, 2.45) is 0 Å². The molecule has 0 spiro atoms. The Bertz CT molecular complexity index is 1140. The van der Waals surface area contributed by atoms with Gasteiger partial charge in [0.1, 0.15) is 5.75 Å². The number of hydrogen-bond acceptors (Lipinski definition) is 7. The molecule has 0 saturated carbocycles. The summed E-state index contributed by atoms with van der Waals surface area (Å²) in [6.07, 6.45) is -3.05. The second-order valence-electron chi connectivity index (χ2n) is 7.98. The zero-order valence-electron chi connectivity index (χ0n) is 19.3. The van der Waals surface area contributed by atoms with Gasteiger partial charge in [-0.3, -0.25) is 9.69 Å². The first kappa shape index (κ1) is 24.5. The van der Waals surface area contributed by atoms with E-state index in [4.69, 9.17) is 9.47 Å². The van der Waals surface area contributed by atoms with Gasteiger partial charge in [-0.15, -0.1) is 10.2 Å². The van der Waals surface area contributed by atoms with Crippen LogP contribution in [0.15, 0.2) is 42.6 Å². The molecular weight excluding hydrogens is 465 g/mol. The standard InChI is InChI=1S/C23H25F3N6O3/c1-34-17-5-3-16(4-6-17)9-10-30-11-13-31(14-12-30)22(33)18-15-27-32(21(18)23(24,25)26)19-7-8-20(35-2)29-28-19/h3-8,15H,9-14H2,1-2H3. The topological polar surface area (TPSA) is 85.6 Å². The molecule has 9 nitrogen and oxygen atoms in total. The molecule has 1 amide bonds. The number of methoxy groups -OCH3 is 2. The molecular formula is C23H25F3N6O3. The smallest absolute Gasteiger partial charge is 0.434 e. The molecule has 3 aromatic rings. The van der Waals surface area contributed by atoms with Gasteiger partial charge in [0.2, 0.25) is 5.88 Å². The van der Waals surface area contributed by atoms with Gasteiger partial charge in [0.15, 0.2) is 11.5 Å². The van der Waals surface area contributed by atoms with Gasteiger partial charge in [0.05, 0.1) is 26.0 Å². The summed E-state index contributed by atoms with van der Waals surface area (Å²) >= 11 is 0. The van der Waals surface area contributed by atoms with Gasteiger partial charge in [0.25, 0.3) is 5.91 Å². The molecule has 1 aliphatic heterocycles. The second kappa shape index (κ2) is 10.3. The van der Waals surface area contributed by atoms with Gasteiger partial charge in [-0.2, -0.15) is 18.3 Å². The van der Waals surface area contributed by atoms with Crippen LogP contribution in [0.4, 0.5) is 13.2 Å². The highest BCUT2D eigenvalue weighted by atomic mass is 19.4. The highest BCUT2D eigenvalue weighted by Crippen LogP contribution is 2.34. The number of piperazine rings is 1. The summed E-state index contributed by atoms with van der Waals surface area (Å²) in [7, 11) is 2.99. The van der Waals surface area contributed by atoms with Crippen molar-refractivity contribution in [1.82, 2.24) is 29.8 Å². The zero-order chi connectivity index (χ0) is 25.0. The van der Waals surface area contributed by atoms with E-state index in [0.717, 1.165) is 30.5 Å². The average Bonchev–Trinajstić information content (AvgIpc) is 3.34. The molecule has 186 valence electrons. The third kappa shape index (κ3) is 5.53. The molecule has 1 aromatic carbocycles. The van der Waals surface area contributed by atoms with E-state index in [0.29, 0.717) is 30.9 Å². The number of hydrogen-bond donors (Lipinski definition) is 0. The minimum Gasteiger partial charge on any atom is -0.497 e. The lowest BCUT2D eigenvalue weighted by Gasteiger charge is -2.34. The van der Waals surface area contributed by atoms with Crippen molar-refractivity contribution in [3.8, 4) is 17.4 Å². The van der Waals surface area contributed by atoms with Crippen LogP contribution in [0.5, 0.6) is 11.6 Å². The van der Waals surface area contributed by atoms with Crippen molar-refractivity contribution in [2.45, 2.75) is 12.6 Å². The molecule has 0 N–H and O–H groups in total. The van der Waals surface area contributed by atoms with Crippen molar-refractivity contribution in [3.63, 3.8) is 0 Å². The molecule has 12 heteroatoms.